The van der Waals surface area contributed by atoms with Gasteiger partial charge in [0.05, 0.1) is 20.1 Å². The summed E-state index contributed by atoms with van der Waals surface area (Å²) in [4.78, 5) is 27.5. The summed E-state index contributed by atoms with van der Waals surface area (Å²) < 4.78 is 21.7. The summed E-state index contributed by atoms with van der Waals surface area (Å²) in [5.74, 6) is 1.90. The Morgan fingerprint density at radius 1 is 1.03 bits per heavy atom. The maximum atomic E-state index is 13.3. The Hall–Kier alpha value is -3.62. The molecule has 9 heteroatoms. The summed E-state index contributed by atoms with van der Waals surface area (Å²) in [7, 11) is 3.18. The first kappa shape index (κ1) is 22.6. The Labute approximate surface area is 192 Å². The highest BCUT2D eigenvalue weighted by Crippen LogP contribution is 2.39. The molecule has 0 saturated carbocycles. The first-order valence-corrected chi connectivity index (χ1v) is 10.9. The third-order valence-corrected chi connectivity index (χ3v) is 6.02. The van der Waals surface area contributed by atoms with E-state index < -0.39 is 5.92 Å². The maximum absolute atomic E-state index is 13.3. The molecule has 3 amide bonds. The zero-order valence-corrected chi connectivity index (χ0v) is 19.1. The number of hydrogen-bond acceptors (Lipinski definition) is 6. The minimum absolute atomic E-state index is 0.123. The van der Waals surface area contributed by atoms with Gasteiger partial charge in [0.1, 0.15) is 11.5 Å². The quantitative estimate of drug-likeness (QED) is 0.666. The van der Waals surface area contributed by atoms with Crippen LogP contribution in [0.25, 0.3) is 0 Å². The summed E-state index contributed by atoms with van der Waals surface area (Å²) in [6.07, 6.45) is 0. The van der Waals surface area contributed by atoms with Crippen molar-refractivity contribution in [2.24, 2.45) is 5.92 Å². The lowest BCUT2D eigenvalue weighted by Crippen LogP contribution is -2.39. The van der Waals surface area contributed by atoms with Gasteiger partial charge in [0, 0.05) is 43.7 Å². The van der Waals surface area contributed by atoms with E-state index in [1.165, 1.54) is 0 Å². The molecular weight excluding hydrogens is 426 g/mol. The van der Waals surface area contributed by atoms with Gasteiger partial charge < -0.3 is 34.5 Å². The van der Waals surface area contributed by atoms with Gasteiger partial charge in [-0.2, -0.15) is 0 Å². The zero-order chi connectivity index (χ0) is 23.4. The summed E-state index contributed by atoms with van der Waals surface area (Å²) in [5, 5.41) is 5.85. The molecule has 0 radical (unpaired) electrons. The van der Waals surface area contributed by atoms with Crippen LogP contribution in [-0.2, 0) is 11.3 Å². The first-order valence-electron chi connectivity index (χ1n) is 10.9. The van der Waals surface area contributed by atoms with Gasteiger partial charge in [0.2, 0.25) is 12.7 Å². The van der Waals surface area contributed by atoms with Crippen LogP contribution in [0, 0.1) is 5.92 Å². The predicted molar refractivity (Wildman–Crippen MR) is 121 cm³/mol. The molecule has 0 bridgehead atoms. The van der Waals surface area contributed by atoms with Crippen LogP contribution in [0.5, 0.6) is 23.0 Å². The third-order valence-electron chi connectivity index (χ3n) is 6.02. The molecule has 2 aliphatic rings. The molecular formula is C24H29N3O6. The molecule has 2 N–H and O–H groups in total. The zero-order valence-electron chi connectivity index (χ0n) is 19.1. The lowest BCUT2D eigenvalue weighted by Gasteiger charge is -2.21. The van der Waals surface area contributed by atoms with Crippen molar-refractivity contribution in [3.63, 3.8) is 0 Å². The smallest absolute Gasteiger partial charge is 0.317 e. The van der Waals surface area contributed by atoms with E-state index in [4.69, 9.17) is 18.9 Å². The fraction of sp³-hybridized carbons (Fsp3) is 0.417. The highest BCUT2D eigenvalue weighted by atomic mass is 16.7. The number of methoxy groups -OCH3 is 2. The van der Waals surface area contributed by atoms with Crippen molar-refractivity contribution in [2.45, 2.75) is 19.4 Å². The van der Waals surface area contributed by atoms with E-state index in [1.807, 2.05) is 37.3 Å². The second-order valence-electron chi connectivity index (χ2n) is 7.97. The summed E-state index contributed by atoms with van der Waals surface area (Å²) in [6.45, 7) is 3.67. The van der Waals surface area contributed by atoms with Crippen LogP contribution in [0.15, 0.2) is 36.4 Å². The van der Waals surface area contributed by atoms with Crippen molar-refractivity contribution >= 4 is 11.9 Å². The van der Waals surface area contributed by atoms with Crippen molar-refractivity contribution in [2.75, 3.05) is 40.6 Å². The molecule has 9 nitrogen and oxygen atoms in total. The van der Waals surface area contributed by atoms with Crippen LogP contribution in [0.3, 0.4) is 0 Å². The Morgan fingerprint density at radius 3 is 2.61 bits per heavy atom. The third kappa shape index (κ3) is 4.76. The van der Waals surface area contributed by atoms with Gasteiger partial charge in [-0.3, -0.25) is 4.79 Å². The summed E-state index contributed by atoms with van der Waals surface area (Å²) in [5.41, 5.74) is 1.78. The van der Waals surface area contributed by atoms with Crippen LogP contribution >= 0.6 is 0 Å². The standard InChI is InChI=1S/C24H29N3O6/c1-4-25-24(29)27-12-18(17-7-6-16(30-2)10-21(17)31-3)19(13-27)23(28)26-11-15-5-8-20-22(9-15)33-14-32-20/h5-10,18-19H,4,11-14H2,1-3H3,(H,25,29)(H,26,28)/t18-,19+/m0/s1. The van der Waals surface area contributed by atoms with E-state index in [0.29, 0.717) is 49.2 Å². The molecule has 33 heavy (non-hydrogen) atoms. The molecule has 176 valence electrons. The van der Waals surface area contributed by atoms with E-state index in [-0.39, 0.29) is 24.6 Å². The molecule has 0 aromatic heterocycles. The number of nitrogens with zero attached hydrogens (tertiary/aromatic N) is 1. The van der Waals surface area contributed by atoms with E-state index in [0.717, 1.165) is 11.1 Å². The highest BCUT2D eigenvalue weighted by Gasteiger charge is 2.41. The van der Waals surface area contributed by atoms with Crippen LogP contribution in [-0.4, -0.2) is 57.5 Å². The van der Waals surface area contributed by atoms with Crippen LogP contribution < -0.4 is 29.6 Å². The molecule has 2 aromatic carbocycles. The van der Waals surface area contributed by atoms with Crippen LogP contribution in [0.2, 0.25) is 0 Å². The number of fused-ring (bicyclic) bond motifs is 1. The number of carbonyl (C=O) groups excluding carboxylic acids is 2. The van der Waals surface area contributed by atoms with Gasteiger partial charge in [0.15, 0.2) is 11.5 Å². The number of nitrogens with one attached hydrogen (secondary N) is 2. The van der Waals surface area contributed by atoms with Crippen molar-refractivity contribution in [1.82, 2.24) is 15.5 Å². The summed E-state index contributed by atoms with van der Waals surface area (Å²) in [6, 6.07) is 11.0. The Bertz CT molecular complexity index is 1030. The average Bonchev–Trinajstić information content (AvgIpc) is 3.49. The Kier molecular flexibility index (Phi) is 6.76. The van der Waals surface area contributed by atoms with Crippen molar-refractivity contribution in [1.29, 1.82) is 0 Å². The molecule has 0 spiro atoms. The Balaban J connectivity index is 1.53. The molecule has 2 aliphatic heterocycles. The van der Waals surface area contributed by atoms with Gasteiger partial charge in [0.25, 0.3) is 0 Å². The highest BCUT2D eigenvalue weighted by molar-refractivity contribution is 5.83. The number of ether oxygens (including phenoxy) is 4. The number of urea groups is 1. The molecule has 2 aromatic rings. The predicted octanol–water partition coefficient (Wildman–Crippen LogP) is 2.49. The van der Waals surface area contributed by atoms with Gasteiger partial charge in [-0.05, 0) is 30.7 Å². The molecule has 1 saturated heterocycles. The van der Waals surface area contributed by atoms with Gasteiger partial charge in [-0.15, -0.1) is 0 Å². The minimum Gasteiger partial charge on any atom is -0.497 e. The number of rotatable bonds is 7. The van der Waals surface area contributed by atoms with Crippen molar-refractivity contribution in [3.8, 4) is 23.0 Å². The fourth-order valence-corrected chi connectivity index (χ4v) is 4.31. The monoisotopic (exact) mass is 455 g/mol. The molecule has 2 atom stereocenters. The number of benzene rings is 2. The SMILES string of the molecule is CCNC(=O)N1C[C@@H](C(=O)NCc2ccc3c(c2)OCO3)[C@H](c2ccc(OC)cc2OC)C1. The summed E-state index contributed by atoms with van der Waals surface area (Å²) >= 11 is 0. The molecule has 1 fully saturated rings. The van der Waals surface area contributed by atoms with E-state index in [2.05, 4.69) is 10.6 Å². The van der Waals surface area contributed by atoms with E-state index in [9.17, 15) is 9.59 Å². The molecule has 0 aliphatic carbocycles. The van der Waals surface area contributed by atoms with E-state index >= 15 is 0 Å². The Morgan fingerprint density at radius 2 is 1.85 bits per heavy atom. The maximum Gasteiger partial charge on any atom is 0.317 e. The van der Waals surface area contributed by atoms with Gasteiger partial charge in [-0.1, -0.05) is 12.1 Å². The van der Waals surface area contributed by atoms with Crippen LogP contribution in [0.4, 0.5) is 4.79 Å². The topological polar surface area (TPSA) is 98.4 Å². The number of likely N-dealkylation sites (tertiary alicyclic amines) is 1. The normalized spacial score (nSPS) is 18.7. The van der Waals surface area contributed by atoms with E-state index in [1.54, 1.807) is 25.2 Å². The van der Waals surface area contributed by atoms with Crippen LogP contribution in [0.1, 0.15) is 24.0 Å². The number of hydrogen-bond donors (Lipinski definition) is 2. The second kappa shape index (κ2) is 9.89. The molecule has 4 rings (SSSR count). The minimum atomic E-state index is -0.427. The van der Waals surface area contributed by atoms with Crippen molar-refractivity contribution in [3.05, 3.63) is 47.5 Å². The molecule has 0 unspecified atom stereocenters. The number of amides is 3. The lowest BCUT2D eigenvalue weighted by molar-refractivity contribution is -0.125. The first-order chi connectivity index (χ1) is 16.0. The van der Waals surface area contributed by atoms with Crippen molar-refractivity contribution < 1.29 is 28.5 Å². The average molecular weight is 456 g/mol. The fourth-order valence-electron chi connectivity index (χ4n) is 4.31. The molecule has 2 heterocycles. The van der Waals surface area contributed by atoms with Gasteiger partial charge >= 0.3 is 6.03 Å². The number of carbonyl (C=O) groups is 2. The second-order valence-corrected chi connectivity index (χ2v) is 7.97. The lowest BCUT2D eigenvalue weighted by atomic mass is 9.87. The largest absolute Gasteiger partial charge is 0.497 e. The van der Waals surface area contributed by atoms with Gasteiger partial charge in [-0.25, -0.2) is 4.79 Å².